The minimum Gasteiger partial charge on any atom is -0.457 e. The molecule has 1 aromatic heterocycles. The van der Waals surface area contributed by atoms with Crippen molar-refractivity contribution in [2.24, 2.45) is 5.10 Å². The zero-order valence-corrected chi connectivity index (χ0v) is 14.3. The first-order valence-electron chi connectivity index (χ1n) is 7.51. The fraction of sp³-hybridized carbons (Fsp3) is 0.0556. The third-order valence-electron chi connectivity index (χ3n) is 3.24. The number of carbonyl (C=O) groups is 1. The molecule has 7 heteroatoms. The molecule has 126 valence electrons. The highest BCUT2D eigenvalue weighted by molar-refractivity contribution is 7.17. The van der Waals surface area contributed by atoms with Crippen LogP contribution in [0.4, 0.5) is 5.13 Å². The number of nitrogen functional groups attached to an aromatic ring is 1. The van der Waals surface area contributed by atoms with E-state index >= 15 is 0 Å². The summed E-state index contributed by atoms with van der Waals surface area (Å²) >= 11 is 1.13. The van der Waals surface area contributed by atoms with E-state index in [4.69, 9.17) is 10.5 Å². The van der Waals surface area contributed by atoms with Crippen LogP contribution in [-0.2, 0) is 0 Å². The number of nitrogens with zero attached hydrogens (tertiary/aromatic N) is 2. The molecule has 1 amide bonds. The van der Waals surface area contributed by atoms with E-state index in [0.717, 1.165) is 22.6 Å². The molecule has 0 aliphatic heterocycles. The molecule has 0 saturated carbocycles. The lowest BCUT2D eigenvalue weighted by atomic mass is 10.2. The minimum atomic E-state index is -0.334. The number of aromatic nitrogens is 1. The minimum absolute atomic E-state index is 0.334. The topological polar surface area (TPSA) is 89.6 Å². The van der Waals surface area contributed by atoms with E-state index in [9.17, 15) is 4.79 Å². The standard InChI is InChI=1S/C18H16N4O2S/c1-12-16(25-18(19)21-12)17(23)22-20-11-13-6-5-9-15(10-13)24-14-7-3-2-4-8-14/h2-11H,1H3,(H2,19,21)(H,22,23)/b20-11+. The highest BCUT2D eigenvalue weighted by atomic mass is 32.1. The van der Waals surface area contributed by atoms with E-state index in [1.807, 2.05) is 54.6 Å². The molecule has 0 atom stereocenters. The van der Waals surface area contributed by atoms with Gasteiger partial charge in [0.15, 0.2) is 5.13 Å². The highest BCUT2D eigenvalue weighted by Gasteiger charge is 2.13. The molecule has 0 radical (unpaired) electrons. The normalized spacial score (nSPS) is 10.8. The highest BCUT2D eigenvalue weighted by Crippen LogP contribution is 2.21. The number of thiazole rings is 1. The average Bonchev–Trinajstić information content (AvgIpc) is 2.94. The number of ether oxygens (including phenoxy) is 1. The summed E-state index contributed by atoms with van der Waals surface area (Å²) in [7, 11) is 0. The summed E-state index contributed by atoms with van der Waals surface area (Å²) in [5, 5.41) is 4.33. The molecule has 0 fully saturated rings. The maximum Gasteiger partial charge on any atom is 0.283 e. The van der Waals surface area contributed by atoms with E-state index in [0.29, 0.717) is 21.5 Å². The second-order valence-electron chi connectivity index (χ2n) is 5.15. The molecule has 25 heavy (non-hydrogen) atoms. The molecule has 3 rings (SSSR count). The number of aryl methyl sites for hydroxylation is 1. The predicted octanol–water partition coefficient (Wildman–Crippen LogP) is 3.59. The Hall–Kier alpha value is -3.19. The van der Waals surface area contributed by atoms with Crippen molar-refractivity contribution in [3.8, 4) is 11.5 Å². The van der Waals surface area contributed by atoms with E-state index in [1.165, 1.54) is 0 Å². The molecule has 1 heterocycles. The fourth-order valence-corrected chi connectivity index (χ4v) is 2.85. The number of amides is 1. The van der Waals surface area contributed by atoms with E-state index in [-0.39, 0.29) is 5.91 Å². The predicted molar refractivity (Wildman–Crippen MR) is 99.3 cm³/mol. The first-order chi connectivity index (χ1) is 12.1. The maximum atomic E-state index is 12.0. The van der Waals surface area contributed by atoms with Gasteiger partial charge >= 0.3 is 0 Å². The average molecular weight is 352 g/mol. The zero-order valence-electron chi connectivity index (χ0n) is 13.5. The van der Waals surface area contributed by atoms with Gasteiger partial charge in [0.25, 0.3) is 5.91 Å². The summed E-state index contributed by atoms with van der Waals surface area (Å²) in [6.45, 7) is 1.73. The lowest BCUT2D eigenvalue weighted by Gasteiger charge is -2.05. The lowest BCUT2D eigenvalue weighted by Crippen LogP contribution is -2.17. The largest absolute Gasteiger partial charge is 0.457 e. The number of rotatable bonds is 5. The van der Waals surface area contributed by atoms with Crippen LogP contribution < -0.4 is 15.9 Å². The maximum absolute atomic E-state index is 12.0. The molecule has 2 aromatic carbocycles. The van der Waals surface area contributed by atoms with Crippen molar-refractivity contribution >= 4 is 28.6 Å². The Morgan fingerprint density at radius 3 is 2.68 bits per heavy atom. The monoisotopic (exact) mass is 352 g/mol. The molecule has 0 bridgehead atoms. The first kappa shape index (κ1) is 16.7. The lowest BCUT2D eigenvalue weighted by molar-refractivity contribution is 0.0958. The van der Waals surface area contributed by atoms with Crippen molar-refractivity contribution in [2.45, 2.75) is 6.92 Å². The Morgan fingerprint density at radius 1 is 1.20 bits per heavy atom. The molecule has 0 spiro atoms. The van der Waals surface area contributed by atoms with E-state index < -0.39 is 0 Å². The zero-order chi connectivity index (χ0) is 17.6. The molecule has 0 aliphatic carbocycles. The number of hydrogen-bond acceptors (Lipinski definition) is 6. The number of nitrogens with two attached hydrogens (primary N) is 1. The van der Waals surface area contributed by atoms with Crippen LogP contribution in [-0.4, -0.2) is 17.1 Å². The summed E-state index contributed by atoms with van der Waals surface area (Å²) in [6.07, 6.45) is 1.55. The number of nitrogens with one attached hydrogen (secondary N) is 1. The van der Waals surface area contributed by atoms with Crippen LogP contribution in [0.2, 0.25) is 0 Å². The summed E-state index contributed by atoms with van der Waals surface area (Å²) in [5.41, 5.74) is 9.46. The van der Waals surface area contributed by atoms with Gasteiger partial charge in [-0.05, 0) is 36.8 Å². The van der Waals surface area contributed by atoms with Gasteiger partial charge in [0.1, 0.15) is 16.4 Å². The third-order valence-corrected chi connectivity index (χ3v) is 4.22. The Morgan fingerprint density at radius 2 is 1.96 bits per heavy atom. The van der Waals surface area contributed by atoms with Crippen molar-refractivity contribution in [1.82, 2.24) is 10.4 Å². The van der Waals surface area contributed by atoms with Crippen molar-refractivity contribution in [2.75, 3.05) is 5.73 Å². The molecule has 0 aliphatic rings. The van der Waals surface area contributed by atoms with Crippen molar-refractivity contribution in [3.63, 3.8) is 0 Å². The van der Waals surface area contributed by atoms with Gasteiger partial charge < -0.3 is 10.5 Å². The summed E-state index contributed by atoms with van der Waals surface area (Å²) < 4.78 is 5.76. The summed E-state index contributed by atoms with van der Waals surface area (Å²) in [4.78, 5) is 16.5. The molecular formula is C18H16N4O2S. The van der Waals surface area contributed by atoms with E-state index in [2.05, 4.69) is 15.5 Å². The van der Waals surface area contributed by atoms with Crippen molar-refractivity contribution < 1.29 is 9.53 Å². The van der Waals surface area contributed by atoms with Crippen molar-refractivity contribution in [1.29, 1.82) is 0 Å². The first-order valence-corrected chi connectivity index (χ1v) is 8.33. The van der Waals surface area contributed by atoms with Gasteiger partial charge in [-0.15, -0.1) is 0 Å². The molecule has 6 nitrogen and oxygen atoms in total. The van der Waals surface area contributed by atoms with Crippen LogP contribution in [0.15, 0.2) is 59.7 Å². The van der Waals surface area contributed by atoms with Gasteiger partial charge in [-0.2, -0.15) is 5.10 Å². The number of para-hydroxylation sites is 1. The van der Waals surface area contributed by atoms with Crippen molar-refractivity contribution in [3.05, 3.63) is 70.7 Å². The summed E-state index contributed by atoms with van der Waals surface area (Å²) in [5.74, 6) is 1.11. The van der Waals surface area contributed by atoms with Crippen LogP contribution in [0.3, 0.4) is 0 Å². The van der Waals surface area contributed by atoms with Crippen LogP contribution in [0.1, 0.15) is 20.9 Å². The van der Waals surface area contributed by atoms with Gasteiger partial charge in [-0.1, -0.05) is 41.7 Å². The Kier molecular flexibility index (Phi) is 5.06. The summed E-state index contributed by atoms with van der Waals surface area (Å²) in [6, 6.07) is 16.9. The molecule has 0 unspecified atom stereocenters. The van der Waals surface area contributed by atoms with E-state index in [1.54, 1.807) is 13.1 Å². The van der Waals surface area contributed by atoms with Gasteiger partial charge in [0.05, 0.1) is 11.9 Å². The molecular weight excluding hydrogens is 336 g/mol. The van der Waals surface area contributed by atoms with Gasteiger partial charge in [0.2, 0.25) is 0 Å². The second-order valence-corrected chi connectivity index (χ2v) is 6.18. The van der Waals surface area contributed by atoms with Crippen LogP contribution >= 0.6 is 11.3 Å². The van der Waals surface area contributed by atoms with Gasteiger partial charge in [0, 0.05) is 0 Å². The van der Waals surface area contributed by atoms with Crippen LogP contribution in [0.5, 0.6) is 11.5 Å². The third kappa shape index (κ3) is 4.42. The SMILES string of the molecule is Cc1nc(N)sc1C(=O)N/N=C/c1cccc(Oc2ccccc2)c1. The Labute approximate surface area is 149 Å². The Bertz CT molecular complexity index is 906. The van der Waals surface area contributed by atoms with Crippen LogP contribution in [0.25, 0.3) is 0 Å². The number of benzene rings is 2. The molecule has 3 aromatic rings. The quantitative estimate of drug-likeness (QED) is 0.542. The fourth-order valence-electron chi connectivity index (χ4n) is 2.13. The number of hydrazone groups is 1. The number of carbonyl (C=O) groups excluding carboxylic acids is 1. The Balaban J connectivity index is 1.64. The number of anilines is 1. The second kappa shape index (κ2) is 7.59. The molecule has 3 N–H and O–H groups in total. The molecule has 0 saturated heterocycles. The van der Waals surface area contributed by atoms with Crippen LogP contribution in [0, 0.1) is 6.92 Å². The number of hydrogen-bond donors (Lipinski definition) is 2. The van der Waals surface area contributed by atoms with Gasteiger partial charge in [-0.3, -0.25) is 4.79 Å². The smallest absolute Gasteiger partial charge is 0.283 e. The van der Waals surface area contributed by atoms with Gasteiger partial charge in [-0.25, -0.2) is 10.4 Å².